The Bertz CT molecular complexity index is 1040. The first-order valence-corrected chi connectivity index (χ1v) is 11.0. The van der Waals surface area contributed by atoms with Crippen LogP contribution in [0.2, 0.25) is 0 Å². The molecule has 2 aromatic rings. The third kappa shape index (κ3) is 4.84. The summed E-state index contributed by atoms with van der Waals surface area (Å²) in [5, 5.41) is 2.90. The van der Waals surface area contributed by atoms with Gasteiger partial charge in [-0.1, -0.05) is 18.2 Å². The number of carbonyl (C=O) groups excluding carboxylic acids is 1. The van der Waals surface area contributed by atoms with Crippen molar-refractivity contribution in [2.45, 2.75) is 37.8 Å². The Labute approximate surface area is 173 Å². The molecule has 0 spiro atoms. The molecule has 2 aromatic carbocycles. The van der Waals surface area contributed by atoms with Crippen molar-refractivity contribution in [3.63, 3.8) is 0 Å². The van der Waals surface area contributed by atoms with Crippen LogP contribution in [0.25, 0.3) is 0 Å². The van der Waals surface area contributed by atoms with E-state index in [1.54, 1.807) is 0 Å². The number of sulfonamides is 1. The van der Waals surface area contributed by atoms with Gasteiger partial charge in [0, 0.05) is 24.7 Å². The van der Waals surface area contributed by atoms with E-state index in [4.69, 9.17) is 0 Å². The first kappa shape index (κ1) is 22.3. The lowest BCUT2D eigenvalue weighted by Crippen LogP contribution is -2.41. The first-order valence-electron chi connectivity index (χ1n) is 9.54. The zero-order chi connectivity index (χ0) is 22.1. The summed E-state index contributed by atoms with van der Waals surface area (Å²) < 4.78 is 65.4. The Balaban J connectivity index is 1.67. The molecule has 1 aliphatic heterocycles. The minimum Gasteiger partial charge on any atom is -0.326 e. The molecule has 0 aliphatic carbocycles. The van der Waals surface area contributed by atoms with E-state index < -0.39 is 26.7 Å². The maximum atomic E-state index is 12.9. The number of hydrogen-bond donors (Lipinski definition) is 1. The molecule has 30 heavy (non-hydrogen) atoms. The third-order valence-corrected chi connectivity index (χ3v) is 7.17. The summed E-state index contributed by atoms with van der Waals surface area (Å²) in [4.78, 5) is 12.2. The standard InChI is InChI=1S/C21H23F3N2O3S/c1-14-6-7-15(2)19(12-14)25-20(27)16-8-10-26(11-9-16)30(28,29)18-5-3-4-17(13-18)21(22,23)24/h3-7,12-13,16H,8-11H2,1-2H3,(H,25,27). The molecule has 1 aliphatic rings. The predicted molar refractivity (Wildman–Crippen MR) is 107 cm³/mol. The molecule has 5 nitrogen and oxygen atoms in total. The molecule has 9 heteroatoms. The summed E-state index contributed by atoms with van der Waals surface area (Å²) >= 11 is 0. The normalized spacial score (nSPS) is 16.4. The summed E-state index contributed by atoms with van der Waals surface area (Å²) in [5.74, 6) is -0.544. The average molecular weight is 440 g/mol. The number of halogens is 3. The van der Waals surface area contributed by atoms with Gasteiger partial charge in [0.1, 0.15) is 0 Å². The number of anilines is 1. The highest BCUT2D eigenvalue weighted by Gasteiger charge is 2.35. The van der Waals surface area contributed by atoms with Crippen LogP contribution in [0.4, 0.5) is 18.9 Å². The fraction of sp³-hybridized carbons (Fsp3) is 0.381. The Hall–Kier alpha value is -2.39. The van der Waals surface area contributed by atoms with Crippen LogP contribution in [0.15, 0.2) is 47.4 Å². The van der Waals surface area contributed by atoms with Crippen molar-refractivity contribution >= 4 is 21.6 Å². The van der Waals surface area contributed by atoms with E-state index in [2.05, 4.69) is 5.32 Å². The highest BCUT2D eigenvalue weighted by atomic mass is 32.2. The molecule has 0 bridgehead atoms. The minimum absolute atomic E-state index is 0.0729. The molecule has 1 heterocycles. The molecule has 1 fully saturated rings. The number of nitrogens with zero attached hydrogens (tertiary/aromatic N) is 1. The Morgan fingerprint density at radius 3 is 2.37 bits per heavy atom. The van der Waals surface area contributed by atoms with Gasteiger partial charge >= 0.3 is 6.18 Å². The summed E-state index contributed by atoms with van der Waals surface area (Å²) in [5.41, 5.74) is 1.65. The van der Waals surface area contributed by atoms with Crippen LogP contribution in [-0.4, -0.2) is 31.7 Å². The number of rotatable bonds is 4. The van der Waals surface area contributed by atoms with Gasteiger partial charge < -0.3 is 5.32 Å². The van der Waals surface area contributed by atoms with E-state index in [0.29, 0.717) is 18.9 Å². The second-order valence-electron chi connectivity index (χ2n) is 7.51. The Morgan fingerprint density at radius 1 is 1.07 bits per heavy atom. The fourth-order valence-electron chi connectivity index (χ4n) is 3.45. The molecule has 0 aromatic heterocycles. The van der Waals surface area contributed by atoms with E-state index in [1.165, 1.54) is 0 Å². The van der Waals surface area contributed by atoms with Crippen LogP contribution in [0.1, 0.15) is 29.5 Å². The number of nitrogens with one attached hydrogen (secondary N) is 1. The van der Waals surface area contributed by atoms with Gasteiger partial charge in [-0.2, -0.15) is 17.5 Å². The van der Waals surface area contributed by atoms with E-state index in [0.717, 1.165) is 39.3 Å². The van der Waals surface area contributed by atoms with Crippen LogP contribution in [0.3, 0.4) is 0 Å². The minimum atomic E-state index is -4.62. The highest BCUT2D eigenvalue weighted by molar-refractivity contribution is 7.89. The first-order chi connectivity index (χ1) is 14.0. The summed E-state index contributed by atoms with van der Waals surface area (Å²) in [7, 11) is -4.06. The largest absolute Gasteiger partial charge is 0.416 e. The van der Waals surface area contributed by atoms with E-state index >= 15 is 0 Å². The Morgan fingerprint density at radius 2 is 1.73 bits per heavy atom. The molecule has 3 rings (SSSR count). The van der Waals surface area contributed by atoms with Gasteiger partial charge in [-0.25, -0.2) is 8.42 Å². The number of piperidine rings is 1. The van der Waals surface area contributed by atoms with E-state index in [1.807, 2.05) is 32.0 Å². The average Bonchev–Trinajstić information content (AvgIpc) is 2.70. The topological polar surface area (TPSA) is 66.5 Å². The second-order valence-corrected chi connectivity index (χ2v) is 9.45. The predicted octanol–water partition coefficient (Wildman–Crippen LogP) is 4.36. The third-order valence-electron chi connectivity index (χ3n) is 5.27. The molecule has 1 amide bonds. The van der Waals surface area contributed by atoms with Crippen molar-refractivity contribution in [1.29, 1.82) is 0 Å². The van der Waals surface area contributed by atoms with Gasteiger partial charge in [0.05, 0.1) is 10.5 Å². The number of hydrogen-bond acceptors (Lipinski definition) is 3. The van der Waals surface area contributed by atoms with Crippen LogP contribution in [-0.2, 0) is 21.0 Å². The quantitative estimate of drug-likeness (QED) is 0.768. The maximum absolute atomic E-state index is 12.9. The SMILES string of the molecule is Cc1ccc(C)c(NC(=O)C2CCN(S(=O)(=O)c3cccc(C(F)(F)F)c3)CC2)c1. The summed E-state index contributed by atoms with van der Waals surface area (Å²) in [6.07, 6.45) is -4.02. The number of aryl methyl sites for hydroxylation is 2. The van der Waals surface area contributed by atoms with Crippen molar-refractivity contribution in [1.82, 2.24) is 4.31 Å². The van der Waals surface area contributed by atoms with Crippen molar-refractivity contribution in [3.05, 3.63) is 59.2 Å². The summed E-state index contributed by atoms with van der Waals surface area (Å²) in [6.45, 7) is 3.96. The van der Waals surface area contributed by atoms with Crippen molar-refractivity contribution in [2.75, 3.05) is 18.4 Å². The lowest BCUT2D eigenvalue weighted by Gasteiger charge is -2.30. The number of amides is 1. The van der Waals surface area contributed by atoms with E-state index in [-0.39, 0.29) is 24.9 Å². The van der Waals surface area contributed by atoms with Gasteiger partial charge in [0.15, 0.2) is 0 Å². The van der Waals surface area contributed by atoms with Gasteiger partial charge in [0.25, 0.3) is 0 Å². The molecule has 1 N–H and O–H groups in total. The van der Waals surface area contributed by atoms with Crippen LogP contribution in [0.5, 0.6) is 0 Å². The molecule has 0 saturated carbocycles. The lowest BCUT2D eigenvalue weighted by atomic mass is 9.97. The van der Waals surface area contributed by atoms with Crippen LogP contribution < -0.4 is 5.32 Å². The van der Waals surface area contributed by atoms with Crippen molar-refractivity contribution in [3.8, 4) is 0 Å². The Kier molecular flexibility index (Phi) is 6.24. The van der Waals surface area contributed by atoms with Gasteiger partial charge in [-0.15, -0.1) is 0 Å². The van der Waals surface area contributed by atoms with Crippen molar-refractivity contribution in [2.24, 2.45) is 5.92 Å². The van der Waals surface area contributed by atoms with Gasteiger partial charge in [-0.05, 0) is 62.1 Å². The molecule has 0 unspecified atom stereocenters. The molecular formula is C21H23F3N2O3S. The van der Waals surface area contributed by atoms with Crippen LogP contribution >= 0.6 is 0 Å². The zero-order valence-electron chi connectivity index (χ0n) is 16.7. The van der Waals surface area contributed by atoms with Gasteiger partial charge in [-0.3, -0.25) is 4.79 Å². The zero-order valence-corrected chi connectivity index (χ0v) is 17.5. The number of carbonyl (C=O) groups is 1. The van der Waals surface area contributed by atoms with Gasteiger partial charge in [0.2, 0.25) is 15.9 Å². The summed E-state index contributed by atoms with van der Waals surface area (Å²) in [6, 6.07) is 9.46. The van der Waals surface area contributed by atoms with E-state index in [9.17, 15) is 26.4 Å². The number of alkyl halides is 3. The maximum Gasteiger partial charge on any atom is 0.416 e. The fourth-order valence-corrected chi connectivity index (χ4v) is 4.96. The smallest absolute Gasteiger partial charge is 0.326 e. The monoisotopic (exact) mass is 440 g/mol. The number of benzene rings is 2. The second kappa shape index (κ2) is 8.39. The molecule has 162 valence electrons. The van der Waals surface area contributed by atoms with Crippen molar-refractivity contribution < 1.29 is 26.4 Å². The molecule has 1 saturated heterocycles. The molecular weight excluding hydrogens is 417 g/mol. The molecule has 0 radical (unpaired) electrons. The lowest BCUT2D eigenvalue weighted by molar-refractivity contribution is -0.137. The highest BCUT2D eigenvalue weighted by Crippen LogP contribution is 2.32. The van der Waals surface area contributed by atoms with Crippen LogP contribution in [0, 0.1) is 19.8 Å². The molecule has 0 atom stereocenters.